The van der Waals surface area contributed by atoms with E-state index in [-0.39, 0.29) is 5.91 Å². The Kier molecular flexibility index (Phi) is 6.17. The first-order valence-electron chi connectivity index (χ1n) is 8.65. The van der Waals surface area contributed by atoms with Gasteiger partial charge in [-0.3, -0.25) is 4.79 Å². The van der Waals surface area contributed by atoms with E-state index >= 15 is 0 Å². The van der Waals surface area contributed by atoms with Gasteiger partial charge >= 0.3 is 0 Å². The summed E-state index contributed by atoms with van der Waals surface area (Å²) in [5.74, 6) is 0.966. The maximum Gasteiger partial charge on any atom is 0.280 e. The Labute approximate surface area is 176 Å². The van der Waals surface area contributed by atoms with Crippen LogP contribution in [-0.2, 0) is 4.79 Å². The average Bonchev–Trinajstić information content (AvgIpc) is 2.89. The molecule has 2 aromatic carbocycles. The number of nitrogens with zero attached hydrogens (tertiary/aromatic N) is 2. The molecule has 3 rings (SSSR count). The number of ether oxygens (including phenoxy) is 1. The standard InChI is InChI=1S/C21H20Br2N2O2/c1-13(2)12-27-20-15(9-16(22)11-19(20)23)10-18-14(3)24-25(21(18)26)17-7-5-4-6-8-17/h4-11,13H,12H2,1-3H3/b18-10-. The zero-order valence-electron chi connectivity index (χ0n) is 15.4. The quantitative estimate of drug-likeness (QED) is 0.477. The molecular formula is C21H20Br2N2O2. The largest absolute Gasteiger partial charge is 0.492 e. The van der Waals surface area contributed by atoms with Crippen LogP contribution in [0.25, 0.3) is 6.08 Å². The molecule has 0 aromatic heterocycles. The third-order valence-electron chi connectivity index (χ3n) is 3.96. The second kappa shape index (κ2) is 8.40. The van der Waals surface area contributed by atoms with Crippen molar-refractivity contribution in [3.8, 4) is 5.75 Å². The van der Waals surface area contributed by atoms with Gasteiger partial charge in [0.05, 0.1) is 28.1 Å². The Bertz CT molecular complexity index is 921. The average molecular weight is 492 g/mol. The van der Waals surface area contributed by atoms with Crippen LogP contribution < -0.4 is 9.75 Å². The Morgan fingerprint density at radius 3 is 2.56 bits per heavy atom. The monoisotopic (exact) mass is 490 g/mol. The molecule has 27 heavy (non-hydrogen) atoms. The predicted octanol–water partition coefficient (Wildman–Crippen LogP) is 6.05. The molecule has 0 fully saturated rings. The Morgan fingerprint density at radius 2 is 1.89 bits per heavy atom. The molecule has 0 saturated heterocycles. The number of hydrazone groups is 1. The molecule has 0 bridgehead atoms. The van der Waals surface area contributed by atoms with E-state index in [0.717, 1.165) is 25.9 Å². The van der Waals surface area contributed by atoms with E-state index in [4.69, 9.17) is 4.74 Å². The van der Waals surface area contributed by atoms with Gasteiger partial charge in [0.25, 0.3) is 5.91 Å². The van der Waals surface area contributed by atoms with Gasteiger partial charge in [0.2, 0.25) is 0 Å². The number of rotatable bonds is 5. The lowest BCUT2D eigenvalue weighted by atomic mass is 10.1. The summed E-state index contributed by atoms with van der Waals surface area (Å²) in [6.07, 6.45) is 1.84. The molecule has 2 aromatic rings. The van der Waals surface area contributed by atoms with E-state index in [9.17, 15) is 4.79 Å². The third kappa shape index (κ3) is 4.50. The highest BCUT2D eigenvalue weighted by atomic mass is 79.9. The van der Waals surface area contributed by atoms with Crippen LogP contribution in [-0.4, -0.2) is 18.2 Å². The number of hydrogen-bond donors (Lipinski definition) is 0. The highest BCUT2D eigenvalue weighted by molar-refractivity contribution is 9.11. The van der Waals surface area contributed by atoms with Crippen LogP contribution in [0.4, 0.5) is 5.69 Å². The fraction of sp³-hybridized carbons (Fsp3) is 0.238. The zero-order valence-corrected chi connectivity index (χ0v) is 18.5. The van der Waals surface area contributed by atoms with Crippen molar-refractivity contribution < 1.29 is 9.53 Å². The summed E-state index contributed by atoms with van der Waals surface area (Å²) in [6, 6.07) is 13.3. The number of para-hydroxylation sites is 1. The molecule has 1 aliphatic rings. The van der Waals surface area contributed by atoms with Crippen LogP contribution >= 0.6 is 31.9 Å². The molecule has 0 saturated carbocycles. The second-order valence-electron chi connectivity index (χ2n) is 6.71. The molecule has 4 nitrogen and oxygen atoms in total. The highest BCUT2D eigenvalue weighted by Gasteiger charge is 2.29. The number of benzene rings is 2. The number of carbonyl (C=O) groups is 1. The SMILES string of the molecule is CC1=NN(c2ccccc2)C(=O)/C1=C\c1cc(Br)cc(Br)c1OCC(C)C. The molecule has 0 unspecified atom stereocenters. The van der Waals surface area contributed by atoms with Gasteiger partial charge in [0, 0.05) is 10.0 Å². The van der Waals surface area contributed by atoms with Crippen molar-refractivity contribution in [1.29, 1.82) is 0 Å². The summed E-state index contributed by atoms with van der Waals surface area (Å²) < 4.78 is 7.74. The number of amides is 1. The minimum atomic E-state index is -0.149. The molecule has 6 heteroatoms. The molecular weight excluding hydrogens is 472 g/mol. The molecule has 0 atom stereocenters. The Balaban J connectivity index is 1.99. The third-order valence-corrected chi connectivity index (χ3v) is 5.01. The van der Waals surface area contributed by atoms with E-state index in [0.29, 0.717) is 23.8 Å². The van der Waals surface area contributed by atoms with Crippen molar-refractivity contribution in [2.75, 3.05) is 11.6 Å². The van der Waals surface area contributed by atoms with Gasteiger partial charge in [0.15, 0.2) is 0 Å². The molecule has 140 valence electrons. The van der Waals surface area contributed by atoms with E-state index in [1.165, 1.54) is 5.01 Å². The van der Waals surface area contributed by atoms with Gasteiger partial charge in [-0.25, -0.2) is 0 Å². The van der Waals surface area contributed by atoms with Crippen molar-refractivity contribution >= 4 is 55.2 Å². The lowest BCUT2D eigenvalue weighted by molar-refractivity contribution is -0.114. The summed E-state index contributed by atoms with van der Waals surface area (Å²) in [4.78, 5) is 12.9. The first kappa shape index (κ1) is 19.8. The van der Waals surface area contributed by atoms with E-state index in [2.05, 4.69) is 50.8 Å². The van der Waals surface area contributed by atoms with E-state index < -0.39 is 0 Å². The van der Waals surface area contributed by atoms with Gasteiger partial charge in [-0.15, -0.1) is 0 Å². The number of carbonyl (C=O) groups excluding carboxylic acids is 1. The normalized spacial score (nSPS) is 15.6. The number of hydrogen-bond acceptors (Lipinski definition) is 3. The van der Waals surface area contributed by atoms with Crippen LogP contribution in [0.15, 0.2) is 62.1 Å². The van der Waals surface area contributed by atoms with Crippen molar-refractivity contribution in [2.24, 2.45) is 11.0 Å². The number of anilines is 1. The maximum absolute atomic E-state index is 12.9. The first-order chi connectivity index (χ1) is 12.9. The summed E-state index contributed by atoms with van der Waals surface area (Å²) in [7, 11) is 0. The minimum absolute atomic E-state index is 0.149. The molecule has 1 aliphatic heterocycles. The topological polar surface area (TPSA) is 41.9 Å². The Hall–Kier alpha value is -1.92. The lowest BCUT2D eigenvalue weighted by Crippen LogP contribution is -2.21. The molecule has 0 spiro atoms. The lowest BCUT2D eigenvalue weighted by Gasteiger charge is -2.14. The van der Waals surface area contributed by atoms with Crippen LogP contribution in [0.2, 0.25) is 0 Å². The molecule has 0 N–H and O–H groups in total. The van der Waals surface area contributed by atoms with Gasteiger partial charge in [-0.05, 0) is 59.1 Å². The molecule has 0 aliphatic carbocycles. The van der Waals surface area contributed by atoms with Crippen LogP contribution in [0.1, 0.15) is 26.3 Å². The predicted molar refractivity (Wildman–Crippen MR) is 117 cm³/mol. The summed E-state index contributed by atoms with van der Waals surface area (Å²) >= 11 is 7.08. The fourth-order valence-corrected chi connectivity index (χ4v) is 4.05. The van der Waals surface area contributed by atoms with Gasteiger partial charge in [0.1, 0.15) is 5.75 Å². The minimum Gasteiger partial charge on any atom is -0.492 e. The molecule has 0 radical (unpaired) electrons. The van der Waals surface area contributed by atoms with Crippen molar-refractivity contribution in [3.63, 3.8) is 0 Å². The summed E-state index contributed by atoms with van der Waals surface area (Å²) in [6.45, 7) is 6.63. The van der Waals surface area contributed by atoms with Gasteiger partial charge < -0.3 is 4.74 Å². The van der Waals surface area contributed by atoms with Gasteiger partial charge in [-0.1, -0.05) is 48.0 Å². The maximum atomic E-state index is 12.9. The fourth-order valence-electron chi connectivity index (χ4n) is 2.67. The number of halogens is 2. The second-order valence-corrected chi connectivity index (χ2v) is 8.48. The molecule has 1 amide bonds. The summed E-state index contributed by atoms with van der Waals surface area (Å²) in [5, 5.41) is 5.87. The van der Waals surface area contributed by atoms with Crippen molar-refractivity contribution in [3.05, 3.63) is 62.5 Å². The zero-order chi connectivity index (χ0) is 19.6. The highest BCUT2D eigenvalue weighted by Crippen LogP contribution is 2.36. The Morgan fingerprint density at radius 1 is 1.19 bits per heavy atom. The smallest absolute Gasteiger partial charge is 0.280 e. The van der Waals surface area contributed by atoms with E-state index in [1.54, 1.807) is 0 Å². The van der Waals surface area contributed by atoms with Crippen molar-refractivity contribution in [1.82, 2.24) is 0 Å². The summed E-state index contributed by atoms with van der Waals surface area (Å²) in [5.41, 5.74) is 2.80. The van der Waals surface area contributed by atoms with Crippen LogP contribution in [0, 0.1) is 5.92 Å². The van der Waals surface area contributed by atoms with Crippen molar-refractivity contribution in [2.45, 2.75) is 20.8 Å². The van der Waals surface area contributed by atoms with Gasteiger partial charge in [-0.2, -0.15) is 10.1 Å². The molecule has 1 heterocycles. The van der Waals surface area contributed by atoms with Crippen LogP contribution in [0.3, 0.4) is 0 Å². The van der Waals surface area contributed by atoms with E-state index in [1.807, 2.05) is 55.5 Å². The first-order valence-corrected chi connectivity index (χ1v) is 10.2. The van der Waals surface area contributed by atoms with Crippen LogP contribution in [0.5, 0.6) is 5.75 Å².